The molecule has 1 atom stereocenters. The number of anilines is 1. The maximum atomic E-state index is 12.9. The van der Waals surface area contributed by atoms with Crippen molar-refractivity contribution < 1.29 is 14.6 Å². The van der Waals surface area contributed by atoms with E-state index in [1.807, 2.05) is 6.92 Å². The normalized spacial score (nSPS) is 11.7. The van der Waals surface area contributed by atoms with E-state index in [1.165, 1.54) is 36.5 Å². The number of carbonyl (C=O) groups is 1. The Morgan fingerprint density at radius 3 is 2.50 bits per heavy atom. The number of rotatable bonds is 10. The third-order valence-corrected chi connectivity index (χ3v) is 6.76. The predicted molar refractivity (Wildman–Crippen MR) is 132 cm³/mol. The van der Waals surface area contributed by atoms with Gasteiger partial charge in [0.2, 0.25) is 6.54 Å². The van der Waals surface area contributed by atoms with Gasteiger partial charge in [0.05, 0.1) is 16.5 Å². The summed E-state index contributed by atoms with van der Waals surface area (Å²) in [5.41, 5.74) is 1.69. The van der Waals surface area contributed by atoms with Crippen molar-refractivity contribution in [2.45, 2.75) is 39.0 Å². The van der Waals surface area contributed by atoms with Crippen LogP contribution in [0.5, 0.6) is 0 Å². The molecule has 3 aromatic rings. The lowest BCUT2D eigenvalue weighted by atomic mass is 9.95. The average Bonchev–Trinajstić information content (AvgIpc) is 3.18. The third kappa shape index (κ3) is 5.95. The minimum atomic E-state index is -0.554. The Kier molecular flexibility index (Phi) is 8.30. The molecular weight excluding hydrogens is 480 g/mol. The second kappa shape index (κ2) is 11.2. The zero-order chi connectivity index (χ0) is 24.8. The Bertz CT molecular complexity index is 1210. The molecule has 3 rings (SSSR count). The van der Waals surface area contributed by atoms with Crippen LogP contribution in [0.25, 0.3) is 0 Å². The molecular formula is C23H23ClN4O5S. The first kappa shape index (κ1) is 25.3. The van der Waals surface area contributed by atoms with Gasteiger partial charge in [0.1, 0.15) is 0 Å². The molecule has 1 heterocycles. The number of hydrogen-bond donors (Lipinski definition) is 1. The molecule has 0 saturated carbocycles. The van der Waals surface area contributed by atoms with Crippen molar-refractivity contribution in [3.05, 3.63) is 95.0 Å². The van der Waals surface area contributed by atoms with Crippen LogP contribution in [-0.4, -0.2) is 27.3 Å². The van der Waals surface area contributed by atoms with E-state index < -0.39 is 16.7 Å². The molecule has 0 saturated heterocycles. The Hall–Kier alpha value is -3.37. The summed E-state index contributed by atoms with van der Waals surface area (Å²) in [5, 5.41) is 26.2. The number of benzene rings is 2. The number of amides is 1. The maximum Gasteiger partial charge on any atom is 0.273 e. The van der Waals surface area contributed by atoms with Gasteiger partial charge in [-0.2, -0.15) is 0 Å². The number of nitro groups is 2. The second-order valence-corrected chi connectivity index (χ2v) is 9.18. The molecule has 0 aliphatic heterocycles. The van der Waals surface area contributed by atoms with Crippen LogP contribution in [0.3, 0.4) is 0 Å². The Morgan fingerprint density at radius 1 is 1.18 bits per heavy atom. The van der Waals surface area contributed by atoms with Gasteiger partial charge >= 0.3 is 0 Å². The van der Waals surface area contributed by atoms with Crippen molar-refractivity contribution in [3.63, 3.8) is 0 Å². The molecule has 0 aliphatic rings. The van der Waals surface area contributed by atoms with Crippen LogP contribution in [0.1, 0.15) is 57.7 Å². The van der Waals surface area contributed by atoms with E-state index in [0.717, 1.165) is 18.4 Å². The number of thiazole rings is 1. The fourth-order valence-corrected chi connectivity index (χ4v) is 4.88. The quantitative estimate of drug-likeness (QED) is 0.267. The van der Waals surface area contributed by atoms with E-state index in [4.69, 9.17) is 11.6 Å². The number of halogens is 1. The fourth-order valence-electron chi connectivity index (χ4n) is 3.63. The van der Waals surface area contributed by atoms with E-state index in [-0.39, 0.29) is 28.3 Å². The van der Waals surface area contributed by atoms with Crippen LogP contribution in [0, 0.1) is 27.2 Å². The minimum absolute atomic E-state index is 0.148. The van der Waals surface area contributed by atoms with Gasteiger partial charge in [-0.3, -0.25) is 30.3 Å². The monoisotopic (exact) mass is 502 g/mol. The summed E-state index contributed by atoms with van der Waals surface area (Å²) in [4.78, 5) is 40.0. The number of aromatic nitrogens is 1. The first-order valence-corrected chi connectivity index (χ1v) is 11.8. The smallest absolute Gasteiger partial charge is 0.273 e. The van der Waals surface area contributed by atoms with Crippen molar-refractivity contribution in [2.24, 2.45) is 0 Å². The molecule has 1 N–H and O–H groups in total. The summed E-state index contributed by atoms with van der Waals surface area (Å²) in [6.07, 6.45) is 2.35. The van der Waals surface area contributed by atoms with E-state index in [9.17, 15) is 25.0 Å². The summed E-state index contributed by atoms with van der Waals surface area (Å²) in [6, 6.07) is 11.2. The van der Waals surface area contributed by atoms with Gasteiger partial charge < -0.3 is 0 Å². The van der Waals surface area contributed by atoms with Crippen molar-refractivity contribution in [1.82, 2.24) is 4.98 Å². The lowest BCUT2D eigenvalue weighted by Crippen LogP contribution is -2.14. The van der Waals surface area contributed by atoms with Crippen molar-refractivity contribution in [1.29, 1.82) is 0 Å². The summed E-state index contributed by atoms with van der Waals surface area (Å²) in [5.74, 6) is -1.08. The lowest BCUT2D eigenvalue weighted by Gasteiger charge is -2.13. The summed E-state index contributed by atoms with van der Waals surface area (Å²) in [6.45, 7) is 3.22. The van der Waals surface area contributed by atoms with Gasteiger partial charge in [0.25, 0.3) is 11.6 Å². The van der Waals surface area contributed by atoms with E-state index in [2.05, 4.69) is 10.3 Å². The molecule has 0 spiro atoms. The van der Waals surface area contributed by atoms with Crippen molar-refractivity contribution in [3.8, 4) is 0 Å². The Morgan fingerprint density at radius 2 is 1.88 bits per heavy atom. The van der Waals surface area contributed by atoms with Gasteiger partial charge in [-0.1, -0.05) is 43.1 Å². The number of carbonyl (C=O) groups excluding carboxylic acids is 1. The predicted octanol–water partition coefficient (Wildman–Crippen LogP) is 6.02. The highest BCUT2D eigenvalue weighted by Gasteiger charge is 2.27. The zero-order valence-electron chi connectivity index (χ0n) is 18.6. The Balaban J connectivity index is 1.99. The van der Waals surface area contributed by atoms with Crippen LogP contribution in [-0.2, 0) is 6.42 Å². The Labute approximate surface area is 205 Å². The molecule has 11 heteroatoms. The molecule has 2 aromatic carbocycles. The fraction of sp³-hybridized carbons (Fsp3) is 0.304. The first-order valence-electron chi connectivity index (χ1n) is 10.6. The molecule has 1 aromatic heterocycles. The van der Waals surface area contributed by atoms with Gasteiger partial charge in [0, 0.05) is 32.0 Å². The zero-order valence-corrected chi connectivity index (χ0v) is 20.2. The van der Waals surface area contributed by atoms with Crippen LogP contribution >= 0.6 is 22.9 Å². The molecule has 34 heavy (non-hydrogen) atoms. The molecule has 1 amide bonds. The number of hydrogen-bond acceptors (Lipinski definition) is 7. The number of nitrogens with one attached hydrogen (secondary N) is 1. The largest absolute Gasteiger partial charge is 0.298 e. The molecule has 9 nitrogen and oxygen atoms in total. The lowest BCUT2D eigenvalue weighted by molar-refractivity contribution is -0.481. The first-order chi connectivity index (χ1) is 16.2. The average molecular weight is 503 g/mol. The van der Waals surface area contributed by atoms with Gasteiger partial charge in [-0.15, -0.1) is 11.3 Å². The van der Waals surface area contributed by atoms with Crippen LogP contribution < -0.4 is 5.32 Å². The van der Waals surface area contributed by atoms with Crippen molar-refractivity contribution in [2.75, 3.05) is 11.9 Å². The number of unbranched alkanes of at least 4 members (excludes halogenated alkanes) is 1. The minimum Gasteiger partial charge on any atom is -0.298 e. The summed E-state index contributed by atoms with van der Waals surface area (Å²) >= 11 is 7.18. The maximum absolute atomic E-state index is 12.9. The highest BCUT2D eigenvalue weighted by Crippen LogP contribution is 2.36. The highest BCUT2D eigenvalue weighted by molar-refractivity contribution is 7.16. The van der Waals surface area contributed by atoms with Crippen LogP contribution in [0.15, 0.2) is 42.5 Å². The molecule has 0 bridgehead atoms. The van der Waals surface area contributed by atoms with Crippen LogP contribution in [0.2, 0.25) is 5.02 Å². The van der Waals surface area contributed by atoms with Gasteiger partial charge in [-0.25, -0.2) is 4.98 Å². The van der Waals surface area contributed by atoms with E-state index in [1.54, 1.807) is 24.3 Å². The molecule has 178 valence electrons. The van der Waals surface area contributed by atoms with E-state index >= 15 is 0 Å². The second-order valence-electron chi connectivity index (χ2n) is 7.71. The standard InChI is InChI=1S/C23H23ClN4O5S/c1-3-4-7-19-21(18(13-27(30)31)15-9-11-16(24)12-10-15)34-23(25-19)26-22(29)17-6-5-8-20(14(17)2)28(32)33/h5-6,8-12,18H,3-4,7,13H2,1-2H3,(H,25,26,29). The molecule has 0 aliphatic carbocycles. The summed E-state index contributed by atoms with van der Waals surface area (Å²) < 4.78 is 0. The van der Waals surface area contributed by atoms with Gasteiger partial charge in [0.15, 0.2) is 5.13 Å². The number of aryl methyl sites for hydroxylation is 1. The third-order valence-electron chi connectivity index (χ3n) is 5.38. The van der Waals surface area contributed by atoms with Crippen molar-refractivity contribution >= 4 is 39.7 Å². The highest BCUT2D eigenvalue weighted by atomic mass is 35.5. The van der Waals surface area contributed by atoms with E-state index in [0.29, 0.717) is 27.1 Å². The molecule has 0 fully saturated rings. The van der Waals surface area contributed by atoms with Crippen LogP contribution in [0.4, 0.5) is 10.8 Å². The number of nitro benzene ring substituents is 1. The SMILES string of the molecule is CCCCc1nc(NC(=O)c2cccc([N+](=O)[O-])c2C)sc1C(C[N+](=O)[O-])c1ccc(Cl)cc1. The molecule has 0 radical (unpaired) electrons. The summed E-state index contributed by atoms with van der Waals surface area (Å²) in [7, 11) is 0. The molecule has 1 unspecified atom stereocenters. The van der Waals surface area contributed by atoms with Gasteiger partial charge in [-0.05, 0) is 43.5 Å². The topological polar surface area (TPSA) is 128 Å². The number of nitrogens with zero attached hydrogens (tertiary/aromatic N) is 3.